The van der Waals surface area contributed by atoms with Gasteiger partial charge in [0.2, 0.25) is 5.91 Å². The van der Waals surface area contributed by atoms with Crippen LogP contribution in [0.5, 0.6) is 0 Å². The number of urea groups is 1. The highest BCUT2D eigenvalue weighted by Crippen LogP contribution is 2.18. The summed E-state index contributed by atoms with van der Waals surface area (Å²) in [6.45, 7) is 4.06. The van der Waals surface area contributed by atoms with E-state index in [4.69, 9.17) is 11.6 Å². The average molecular weight is 414 g/mol. The number of benzene rings is 2. The maximum atomic E-state index is 12.6. The van der Waals surface area contributed by atoms with Crippen LogP contribution in [0.15, 0.2) is 48.5 Å². The number of carbonyl (C=O) groups excluding carboxylic acids is 2. The number of nitrogens with one attached hydrogen (secondary N) is 2. The quantitative estimate of drug-likeness (QED) is 0.724. The highest BCUT2D eigenvalue weighted by Gasteiger charge is 2.23. The minimum absolute atomic E-state index is 0.166. The largest absolute Gasteiger partial charge is 0.342 e. The van der Waals surface area contributed by atoms with Crippen LogP contribution < -0.4 is 10.6 Å². The zero-order valence-corrected chi connectivity index (χ0v) is 17.5. The summed E-state index contributed by atoms with van der Waals surface area (Å²) in [5.41, 5.74) is 3.00. The van der Waals surface area contributed by atoms with E-state index in [0.717, 1.165) is 36.2 Å². The molecule has 1 aliphatic heterocycles. The van der Waals surface area contributed by atoms with Gasteiger partial charge >= 0.3 is 6.03 Å². The first-order valence-electron chi connectivity index (χ1n) is 10.1. The van der Waals surface area contributed by atoms with Crippen molar-refractivity contribution in [3.63, 3.8) is 0 Å². The van der Waals surface area contributed by atoms with Gasteiger partial charge in [0.15, 0.2) is 0 Å². The molecule has 1 unspecified atom stereocenters. The van der Waals surface area contributed by atoms with Crippen LogP contribution >= 0.6 is 11.6 Å². The summed E-state index contributed by atoms with van der Waals surface area (Å²) in [5, 5.41) is 6.48. The second-order valence-electron chi connectivity index (χ2n) is 7.68. The van der Waals surface area contributed by atoms with Gasteiger partial charge in [-0.1, -0.05) is 41.4 Å². The number of carbonyl (C=O) groups is 2. The van der Waals surface area contributed by atoms with Gasteiger partial charge in [-0.15, -0.1) is 0 Å². The Balaban J connectivity index is 1.41. The monoisotopic (exact) mass is 413 g/mol. The van der Waals surface area contributed by atoms with Crippen molar-refractivity contribution in [2.24, 2.45) is 5.92 Å². The van der Waals surface area contributed by atoms with E-state index < -0.39 is 0 Å². The third-order valence-corrected chi connectivity index (χ3v) is 5.48. The predicted octanol–water partition coefficient (Wildman–Crippen LogP) is 4.64. The first kappa shape index (κ1) is 21.2. The van der Waals surface area contributed by atoms with Crippen molar-refractivity contribution in [2.75, 3.05) is 25.0 Å². The molecule has 1 aliphatic rings. The predicted molar refractivity (Wildman–Crippen MR) is 117 cm³/mol. The van der Waals surface area contributed by atoms with Crippen LogP contribution in [0.3, 0.4) is 0 Å². The van der Waals surface area contributed by atoms with Gasteiger partial charge in [-0.3, -0.25) is 4.79 Å². The molecule has 0 aliphatic carbocycles. The fourth-order valence-corrected chi connectivity index (χ4v) is 3.82. The van der Waals surface area contributed by atoms with Crippen LogP contribution in [-0.2, 0) is 11.2 Å². The van der Waals surface area contributed by atoms with E-state index >= 15 is 0 Å². The molecule has 1 fully saturated rings. The molecule has 3 rings (SSSR count). The van der Waals surface area contributed by atoms with E-state index in [1.54, 1.807) is 0 Å². The average Bonchev–Trinajstić information content (AvgIpc) is 2.72. The molecule has 1 atom stereocenters. The third-order valence-electron chi connectivity index (χ3n) is 5.25. The molecular formula is C23H28ClN3O2. The van der Waals surface area contributed by atoms with Crippen molar-refractivity contribution in [3.05, 3.63) is 64.7 Å². The number of piperidine rings is 1. The van der Waals surface area contributed by atoms with Gasteiger partial charge in [0.1, 0.15) is 0 Å². The number of hydrogen-bond donors (Lipinski definition) is 2. The van der Waals surface area contributed by atoms with E-state index in [9.17, 15) is 9.59 Å². The Labute approximate surface area is 177 Å². The number of anilines is 1. The summed E-state index contributed by atoms with van der Waals surface area (Å²) in [5.74, 6) is 0.446. The first-order valence-corrected chi connectivity index (χ1v) is 10.5. The third kappa shape index (κ3) is 6.79. The maximum absolute atomic E-state index is 12.6. The molecule has 0 saturated carbocycles. The molecule has 0 aromatic heterocycles. The van der Waals surface area contributed by atoms with Crippen molar-refractivity contribution >= 4 is 29.2 Å². The maximum Gasteiger partial charge on any atom is 0.319 e. The molecule has 154 valence electrons. The minimum Gasteiger partial charge on any atom is -0.342 e. The molecule has 2 aromatic carbocycles. The Morgan fingerprint density at radius 1 is 1.17 bits per heavy atom. The molecule has 0 bridgehead atoms. The summed E-state index contributed by atoms with van der Waals surface area (Å²) < 4.78 is 0. The van der Waals surface area contributed by atoms with E-state index in [0.29, 0.717) is 31.0 Å². The highest BCUT2D eigenvalue weighted by atomic mass is 35.5. The number of halogens is 1. The lowest BCUT2D eigenvalue weighted by Crippen LogP contribution is -2.44. The summed E-state index contributed by atoms with van der Waals surface area (Å²) >= 11 is 6.01. The Bertz CT molecular complexity index is 838. The van der Waals surface area contributed by atoms with Crippen molar-refractivity contribution in [2.45, 2.75) is 32.6 Å². The fraction of sp³-hybridized carbons (Fsp3) is 0.391. The molecule has 29 heavy (non-hydrogen) atoms. The number of likely N-dealkylation sites (tertiary alicyclic amines) is 1. The Morgan fingerprint density at radius 2 is 1.97 bits per heavy atom. The normalized spacial score (nSPS) is 16.3. The SMILES string of the molecule is Cc1ccc(NC(=O)NCC2CCCN(C(=O)CCc3cccc(Cl)c3)C2)cc1. The summed E-state index contributed by atoms with van der Waals surface area (Å²) in [6.07, 6.45) is 3.16. The topological polar surface area (TPSA) is 61.4 Å². The van der Waals surface area contributed by atoms with Crippen LogP contribution in [0.25, 0.3) is 0 Å². The summed E-state index contributed by atoms with van der Waals surface area (Å²) in [6, 6.07) is 15.1. The molecule has 2 N–H and O–H groups in total. The number of nitrogens with zero attached hydrogens (tertiary/aromatic N) is 1. The molecule has 1 heterocycles. The number of rotatable bonds is 6. The van der Waals surface area contributed by atoms with E-state index in [1.807, 2.05) is 60.4 Å². The van der Waals surface area contributed by atoms with Gasteiger partial charge in [-0.05, 0) is 61.9 Å². The van der Waals surface area contributed by atoms with Gasteiger partial charge in [-0.25, -0.2) is 4.79 Å². The van der Waals surface area contributed by atoms with Gasteiger partial charge in [-0.2, -0.15) is 0 Å². The summed E-state index contributed by atoms with van der Waals surface area (Å²) in [7, 11) is 0. The zero-order chi connectivity index (χ0) is 20.6. The van der Waals surface area contributed by atoms with Crippen molar-refractivity contribution in [1.82, 2.24) is 10.2 Å². The highest BCUT2D eigenvalue weighted by molar-refractivity contribution is 6.30. The lowest BCUT2D eigenvalue weighted by Gasteiger charge is -2.33. The van der Waals surface area contributed by atoms with Crippen LogP contribution in [0.2, 0.25) is 5.02 Å². The number of amides is 3. The molecule has 3 amide bonds. The van der Waals surface area contributed by atoms with Crippen LogP contribution in [0.1, 0.15) is 30.4 Å². The number of aryl methyl sites for hydroxylation is 2. The second-order valence-corrected chi connectivity index (χ2v) is 8.12. The van der Waals surface area contributed by atoms with E-state index in [1.165, 1.54) is 0 Å². The van der Waals surface area contributed by atoms with Gasteiger partial charge in [0, 0.05) is 36.8 Å². The molecule has 0 radical (unpaired) electrons. The standard InChI is InChI=1S/C23H28ClN3O2/c1-17-7-10-21(11-8-17)26-23(29)25-15-19-5-3-13-27(16-19)22(28)12-9-18-4-2-6-20(24)14-18/h2,4,6-8,10-11,14,19H,3,5,9,12-13,15-16H2,1H3,(H2,25,26,29). The van der Waals surface area contributed by atoms with Gasteiger partial charge in [0.25, 0.3) is 0 Å². The van der Waals surface area contributed by atoms with Crippen molar-refractivity contribution in [3.8, 4) is 0 Å². The second kappa shape index (κ2) is 10.3. The Morgan fingerprint density at radius 3 is 2.72 bits per heavy atom. The Kier molecular flexibility index (Phi) is 7.53. The molecule has 6 heteroatoms. The van der Waals surface area contributed by atoms with Crippen molar-refractivity contribution < 1.29 is 9.59 Å². The van der Waals surface area contributed by atoms with Gasteiger partial charge in [0.05, 0.1) is 0 Å². The fourth-order valence-electron chi connectivity index (χ4n) is 3.61. The van der Waals surface area contributed by atoms with E-state index in [2.05, 4.69) is 10.6 Å². The van der Waals surface area contributed by atoms with Gasteiger partial charge < -0.3 is 15.5 Å². The van der Waals surface area contributed by atoms with Crippen molar-refractivity contribution in [1.29, 1.82) is 0 Å². The molecular weight excluding hydrogens is 386 g/mol. The Hall–Kier alpha value is -2.53. The van der Waals surface area contributed by atoms with E-state index in [-0.39, 0.29) is 17.9 Å². The van der Waals surface area contributed by atoms with Crippen LogP contribution in [0.4, 0.5) is 10.5 Å². The zero-order valence-electron chi connectivity index (χ0n) is 16.8. The lowest BCUT2D eigenvalue weighted by molar-refractivity contribution is -0.132. The number of hydrogen-bond acceptors (Lipinski definition) is 2. The lowest BCUT2D eigenvalue weighted by atomic mass is 9.97. The molecule has 1 saturated heterocycles. The van der Waals surface area contributed by atoms with Crippen LogP contribution in [0, 0.1) is 12.8 Å². The molecule has 0 spiro atoms. The first-order chi connectivity index (χ1) is 14.0. The smallest absolute Gasteiger partial charge is 0.319 e. The molecule has 5 nitrogen and oxygen atoms in total. The summed E-state index contributed by atoms with van der Waals surface area (Å²) in [4.78, 5) is 26.7. The van der Waals surface area contributed by atoms with Crippen LogP contribution in [-0.4, -0.2) is 36.5 Å². The molecule has 2 aromatic rings. The minimum atomic E-state index is -0.210.